The second-order valence-electron chi connectivity index (χ2n) is 6.60. The Bertz CT molecular complexity index is 744. The summed E-state index contributed by atoms with van der Waals surface area (Å²) in [5.74, 6) is 0.503. The maximum absolute atomic E-state index is 12.1. The minimum absolute atomic E-state index is 0.203. The molecule has 1 saturated carbocycles. The van der Waals surface area contributed by atoms with Gasteiger partial charge in [0.2, 0.25) is 0 Å². The molecule has 1 N–H and O–H groups in total. The summed E-state index contributed by atoms with van der Waals surface area (Å²) in [4.78, 5) is 12.1. The molecule has 1 amide bonds. The molecule has 4 heteroatoms. The predicted molar refractivity (Wildman–Crippen MR) is 106 cm³/mol. The number of hydrogen-bond donors (Lipinski definition) is 1. The summed E-state index contributed by atoms with van der Waals surface area (Å²) in [7, 11) is 0. The molecule has 0 aromatic heterocycles. The number of benzene rings is 2. The summed E-state index contributed by atoms with van der Waals surface area (Å²) in [6.45, 7) is 1.91. The highest BCUT2D eigenvalue weighted by Gasteiger charge is 2.15. The molecule has 25 heavy (non-hydrogen) atoms. The van der Waals surface area contributed by atoms with Crippen LogP contribution in [0.1, 0.15) is 66.4 Å². The molecule has 0 saturated heterocycles. The van der Waals surface area contributed by atoms with E-state index in [-0.39, 0.29) is 5.91 Å². The number of rotatable bonds is 4. The molecular weight excluding hydrogens is 376 g/mol. The van der Waals surface area contributed by atoms with Gasteiger partial charge in [0.25, 0.3) is 5.91 Å². The fraction of sp³-hybridized carbons (Fsp3) is 0.333. The van der Waals surface area contributed by atoms with Crippen LogP contribution in [0.4, 0.5) is 0 Å². The molecule has 0 radical (unpaired) electrons. The van der Waals surface area contributed by atoms with Gasteiger partial charge in [0.1, 0.15) is 0 Å². The van der Waals surface area contributed by atoms with Gasteiger partial charge in [-0.25, -0.2) is 5.43 Å². The number of nitrogens with zero attached hydrogens (tertiary/aromatic N) is 1. The maximum atomic E-state index is 12.1. The molecule has 0 aliphatic heterocycles. The summed E-state index contributed by atoms with van der Waals surface area (Å²) in [5.41, 5.74) is 6.49. The highest BCUT2D eigenvalue weighted by Crippen LogP contribution is 2.32. The van der Waals surface area contributed by atoms with Crippen LogP contribution in [0.25, 0.3) is 0 Å². The topological polar surface area (TPSA) is 41.5 Å². The number of hydrazone groups is 1. The first kappa shape index (κ1) is 17.9. The van der Waals surface area contributed by atoms with Crippen LogP contribution in [0.3, 0.4) is 0 Å². The molecule has 1 aliphatic rings. The molecule has 3 rings (SSSR count). The summed E-state index contributed by atoms with van der Waals surface area (Å²) in [6.07, 6.45) is 6.66. The zero-order valence-corrected chi connectivity index (χ0v) is 16.1. The van der Waals surface area contributed by atoms with E-state index >= 15 is 0 Å². The Balaban J connectivity index is 1.63. The molecule has 2 aromatic carbocycles. The summed E-state index contributed by atoms with van der Waals surface area (Å²) < 4.78 is 0.946. The molecule has 0 heterocycles. The van der Waals surface area contributed by atoms with Crippen molar-refractivity contribution in [1.29, 1.82) is 0 Å². The monoisotopic (exact) mass is 398 g/mol. The minimum atomic E-state index is -0.203. The van der Waals surface area contributed by atoms with Gasteiger partial charge in [-0.1, -0.05) is 59.5 Å². The quantitative estimate of drug-likeness (QED) is 0.524. The van der Waals surface area contributed by atoms with Crippen molar-refractivity contribution in [1.82, 2.24) is 5.43 Å². The van der Waals surface area contributed by atoms with Crippen LogP contribution in [-0.2, 0) is 0 Å². The van der Waals surface area contributed by atoms with Gasteiger partial charge in [-0.3, -0.25) is 4.79 Å². The van der Waals surface area contributed by atoms with Crippen LogP contribution < -0.4 is 5.43 Å². The smallest absolute Gasteiger partial charge is 0.267 e. The summed E-state index contributed by atoms with van der Waals surface area (Å²) >= 11 is 3.36. The number of hydrogen-bond acceptors (Lipinski definition) is 2. The van der Waals surface area contributed by atoms with Gasteiger partial charge in [0.15, 0.2) is 0 Å². The van der Waals surface area contributed by atoms with Gasteiger partial charge >= 0.3 is 0 Å². The minimum Gasteiger partial charge on any atom is -0.267 e. The number of nitrogens with one attached hydrogen (secondary N) is 1. The number of amides is 1. The van der Waals surface area contributed by atoms with Gasteiger partial charge in [-0.05, 0) is 61.1 Å². The first-order chi connectivity index (χ1) is 12.1. The number of halogens is 1. The van der Waals surface area contributed by atoms with E-state index in [1.165, 1.54) is 37.7 Å². The van der Waals surface area contributed by atoms with Crippen LogP contribution in [0.15, 0.2) is 58.1 Å². The highest BCUT2D eigenvalue weighted by atomic mass is 79.9. The van der Waals surface area contributed by atoms with Crippen molar-refractivity contribution in [2.75, 3.05) is 0 Å². The van der Waals surface area contributed by atoms with Crippen molar-refractivity contribution >= 4 is 27.5 Å². The Morgan fingerprint density at radius 3 is 2.20 bits per heavy atom. The summed E-state index contributed by atoms with van der Waals surface area (Å²) in [6, 6.07) is 15.8. The lowest BCUT2D eigenvalue weighted by molar-refractivity contribution is 0.0955. The first-order valence-electron chi connectivity index (χ1n) is 8.84. The van der Waals surface area contributed by atoms with E-state index in [0.29, 0.717) is 11.5 Å². The Hall–Kier alpha value is -1.94. The van der Waals surface area contributed by atoms with E-state index in [4.69, 9.17) is 0 Å². The van der Waals surface area contributed by atoms with Crippen LogP contribution in [0.5, 0.6) is 0 Å². The SMILES string of the molecule is C/C(=N\NC(=O)c1ccc(Br)cc1)c1ccc(C2CCCCC2)cc1. The molecule has 130 valence electrons. The fourth-order valence-electron chi connectivity index (χ4n) is 3.30. The van der Waals surface area contributed by atoms with Crippen molar-refractivity contribution in [3.63, 3.8) is 0 Å². The Labute approximate surface area is 157 Å². The Morgan fingerprint density at radius 1 is 0.960 bits per heavy atom. The van der Waals surface area contributed by atoms with E-state index in [1.54, 1.807) is 12.1 Å². The van der Waals surface area contributed by atoms with E-state index in [1.807, 2.05) is 19.1 Å². The second-order valence-corrected chi connectivity index (χ2v) is 7.52. The maximum Gasteiger partial charge on any atom is 0.271 e. The molecule has 1 fully saturated rings. The molecule has 0 spiro atoms. The number of carbonyl (C=O) groups is 1. The molecule has 2 aromatic rings. The fourth-order valence-corrected chi connectivity index (χ4v) is 3.56. The Kier molecular flexibility index (Phi) is 6.03. The van der Waals surface area contributed by atoms with E-state index in [9.17, 15) is 4.79 Å². The molecule has 1 aliphatic carbocycles. The van der Waals surface area contributed by atoms with Gasteiger partial charge in [-0.2, -0.15) is 5.10 Å². The van der Waals surface area contributed by atoms with Gasteiger partial charge < -0.3 is 0 Å². The predicted octanol–water partition coefficient (Wildman–Crippen LogP) is 5.65. The van der Waals surface area contributed by atoms with Crippen LogP contribution in [0.2, 0.25) is 0 Å². The van der Waals surface area contributed by atoms with Gasteiger partial charge in [-0.15, -0.1) is 0 Å². The van der Waals surface area contributed by atoms with Crippen molar-refractivity contribution in [2.45, 2.75) is 44.9 Å². The third-order valence-corrected chi connectivity index (χ3v) is 5.37. The molecular formula is C21H23BrN2O. The summed E-state index contributed by atoms with van der Waals surface area (Å²) in [5, 5.41) is 4.24. The lowest BCUT2D eigenvalue weighted by Crippen LogP contribution is -2.19. The van der Waals surface area contributed by atoms with Gasteiger partial charge in [0.05, 0.1) is 5.71 Å². The van der Waals surface area contributed by atoms with E-state index < -0.39 is 0 Å². The van der Waals surface area contributed by atoms with Crippen LogP contribution in [0, 0.1) is 0 Å². The van der Waals surface area contributed by atoms with Crippen molar-refractivity contribution in [3.8, 4) is 0 Å². The van der Waals surface area contributed by atoms with Crippen molar-refractivity contribution in [2.24, 2.45) is 5.10 Å². The third-order valence-electron chi connectivity index (χ3n) is 4.84. The molecule has 3 nitrogen and oxygen atoms in total. The number of carbonyl (C=O) groups excluding carboxylic acids is 1. The average molecular weight is 399 g/mol. The standard InChI is InChI=1S/C21H23BrN2O/c1-15(23-24-21(25)19-11-13-20(22)14-12-19)16-7-9-18(10-8-16)17-5-3-2-4-6-17/h7-14,17H,2-6H2,1H3,(H,24,25)/b23-15+. The normalized spacial score (nSPS) is 15.8. The Morgan fingerprint density at radius 2 is 1.56 bits per heavy atom. The molecule has 0 bridgehead atoms. The lowest BCUT2D eigenvalue weighted by Gasteiger charge is -2.22. The van der Waals surface area contributed by atoms with Gasteiger partial charge in [0, 0.05) is 10.0 Å². The zero-order chi connectivity index (χ0) is 17.6. The van der Waals surface area contributed by atoms with Crippen molar-refractivity contribution in [3.05, 3.63) is 69.7 Å². The van der Waals surface area contributed by atoms with Crippen molar-refractivity contribution < 1.29 is 4.79 Å². The second kappa shape index (κ2) is 8.43. The first-order valence-corrected chi connectivity index (χ1v) is 9.63. The lowest BCUT2D eigenvalue weighted by atomic mass is 9.84. The average Bonchev–Trinajstić information content (AvgIpc) is 2.67. The van der Waals surface area contributed by atoms with E-state index in [0.717, 1.165) is 15.7 Å². The molecule has 0 unspecified atom stereocenters. The van der Waals surface area contributed by atoms with Crippen LogP contribution in [-0.4, -0.2) is 11.6 Å². The highest BCUT2D eigenvalue weighted by molar-refractivity contribution is 9.10. The van der Waals surface area contributed by atoms with Crippen LogP contribution >= 0.6 is 15.9 Å². The molecule has 0 atom stereocenters. The van der Waals surface area contributed by atoms with E-state index in [2.05, 4.69) is 50.7 Å². The zero-order valence-electron chi connectivity index (χ0n) is 14.5. The largest absolute Gasteiger partial charge is 0.271 e. The third kappa shape index (κ3) is 4.79.